The van der Waals surface area contributed by atoms with Gasteiger partial charge in [0.2, 0.25) is 0 Å². The summed E-state index contributed by atoms with van der Waals surface area (Å²) in [7, 11) is 0. The maximum atomic E-state index is 12.4. The van der Waals surface area contributed by atoms with Crippen LogP contribution in [0, 0.1) is 0 Å². The molecule has 0 fully saturated rings. The fourth-order valence-corrected chi connectivity index (χ4v) is 1.52. The Bertz CT molecular complexity index is 472. The molecule has 1 heterocycles. The maximum Gasteiger partial charge on any atom is 0.420 e. The molecule has 2 rings (SSSR count). The van der Waals surface area contributed by atoms with Gasteiger partial charge in [-0.2, -0.15) is 13.2 Å². The van der Waals surface area contributed by atoms with Gasteiger partial charge in [0.15, 0.2) is 0 Å². The number of furan rings is 1. The molecule has 1 aromatic heterocycles. The fraction of sp³-hybridized carbons (Fsp3) is 0.111. The first-order valence-corrected chi connectivity index (χ1v) is 4.11. The number of hydrogen-bond donors (Lipinski definition) is 0. The maximum absolute atomic E-state index is 12.4. The predicted molar refractivity (Wildman–Crippen MR) is 46.2 cm³/mol. The fourth-order valence-electron chi connectivity index (χ4n) is 1.25. The Morgan fingerprint density at radius 2 is 1.93 bits per heavy atom. The zero-order valence-electron chi connectivity index (χ0n) is 6.73. The van der Waals surface area contributed by atoms with Gasteiger partial charge >= 0.3 is 6.18 Å². The van der Waals surface area contributed by atoms with Gasteiger partial charge in [-0.15, -0.1) is 0 Å². The first kappa shape index (κ1) is 9.40. The SMILES string of the molecule is FC(F)(F)c1coc2cccc(Cl)c12. The predicted octanol–water partition coefficient (Wildman–Crippen LogP) is 4.11. The van der Waals surface area contributed by atoms with Crippen LogP contribution in [-0.4, -0.2) is 0 Å². The van der Waals surface area contributed by atoms with Crippen LogP contribution in [0.3, 0.4) is 0 Å². The van der Waals surface area contributed by atoms with E-state index in [-0.39, 0.29) is 16.0 Å². The number of hydrogen-bond acceptors (Lipinski definition) is 1. The number of rotatable bonds is 0. The second-order valence-corrected chi connectivity index (χ2v) is 3.17. The first-order chi connectivity index (χ1) is 6.50. The molecule has 0 aliphatic heterocycles. The molecule has 0 saturated heterocycles. The van der Waals surface area contributed by atoms with Crippen molar-refractivity contribution in [3.05, 3.63) is 35.0 Å². The highest BCUT2D eigenvalue weighted by atomic mass is 35.5. The molecule has 2 aromatic rings. The van der Waals surface area contributed by atoms with Crippen molar-refractivity contribution in [2.24, 2.45) is 0 Å². The first-order valence-electron chi connectivity index (χ1n) is 3.73. The third kappa shape index (κ3) is 1.35. The van der Waals surface area contributed by atoms with Crippen LogP contribution in [0.4, 0.5) is 13.2 Å². The van der Waals surface area contributed by atoms with Crippen molar-refractivity contribution in [2.45, 2.75) is 6.18 Å². The van der Waals surface area contributed by atoms with E-state index in [0.717, 1.165) is 0 Å². The molecule has 14 heavy (non-hydrogen) atoms. The number of benzene rings is 1. The Kier molecular flexibility index (Phi) is 1.96. The molecule has 0 atom stereocenters. The van der Waals surface area contributed by atoms with E-state index in [0.29, 0.717) is 6.26 Å². The van der Waals surface area contributed by atoms with E-state index in [2.05, 4.69) is 0 Å². The van der Waals surface area contributed by atoms with Crippen LogP contribution in [0.15, 0.2) is 28.9 Å². The molecule has 74 valence electrons. The Hall–Kier alpha value is -1.16. The molecule has 1 aromatic carbocycles. The van der Waals surface area contributed by atoms with Gasteiger partial charge in [-0.05, 0) is 12.1 Å². The van der Waals surface area contributed by atoms with Crippen molar-refractivity contribution < 1.29 is 17.6 Å². The van der Waals surface area contributed by atoms with Crippen LogP contribution < -0.4 is 0 Å². The van der Waals surface area contributed by atoms with Crippen LogP contribution in [0.5, 0.6) is 0 Å². The quantitative estimate of drug-likeness (QED) is 0.651. The summed E-state index contributed by atoms with van der Waals surface area (Å²) in [5.41, 5.74) is -0.692. The van der Waals surface area contributed by atoms with Gasteiger partial charge in [-0.3, -0.25) is 0 Å². The van der Waals surface area contributed by atoms with Gasteiger partial charge in [0.25, 0.3) is 0 Å². The monoisotopic (exact) mass is 220 g/mol. The topological polar surface area (TPSA) is 13.1 Å². The van der Waals surface area contributed by atoms with Crippen molar-refractivity contribution in [3.8, 4) is 0 Å². The van der Waals surface area contributed by atoms with E-state index < -0.39 is 11.7 Å². The van der Waals surface area contributed by atoms with Gasteiger partial charge in [0.05, 0.1) is 10.4 Å². The van der Waals surface area contributed by atoms with Crippen LogP contribution in [0.2, 0.25) is 5.02 Å². The summed E-state index contributed by atoms with van der Waals surface area (Å²) >= 11 is 5.65. The lowest BCUT2D eigenvalue weighted by Gasteiger charge is -2.03. The third-order valence-corrected chi connectivity index (χ3v) is 2.17. The van der Waals surface area contributed by atoms with E-state index in [1.807, 2.05) is 0 Å². The Morgan fingerprint density at radius 3 is 2.57 bits per heavy atom. The highest BCUT2D eigenvalue weighted by molar-refractivity contribution is 6.35. The Labute approximate surface area is 82.1 Å². The summed E-state index contributed by atoms with van der Waals surface area (Å²) in [6.07, 6.45) is -3.76. The summed E-state index contributed by atoms with van der Waals surface area (Å²) in [6.45, 7) is 0. The molecule has 0 N–H and O–H groups in total. The largest absolute Gasteiger partial charge is 0.464 e. The molecule has 0 saturated carbocycles. The summed E-state index contributed by atoms with van der Waals surface area (Å²) < 4.78 is 42.0. The van der Waals surface area contributed by atoms with Crippen molar-refractivity contribution in [2.75, 3.05) is 0 Å². The Morgan fingerprint density at radius 1 is 1.21 bits per heavy atom. The average molecular weight is 221 g/mol. The molecule has 0 spiro atoms. The minimum absolute atomic E-state index is 0.0450. The summed E-state index contributed by atoms with van der Waals surface area (Å²) in [6, 6.07) is 4.37. The average Bonchev–Trinajstić information content (AvgIpc) is 2.47. The van der Waals surface area contributed by atoms with Crippen molar-refractivity contribution in [3.63, 3.8) is 0 Å². The molecule has 0 radical (unpaired) electrons. The summed E-state index contributed by atoms with van der Waals surface area (Å²) in [4.78, 5) is 0. The lowest BCUT2D eigenvalue weighted by Crippen LogP contribution is -2.03. The lowest BCUT2D eigenvalue weighted by atomic mass is 10.2. The van der Waals surface area contributed by atoms with Crippen molar-refractivity contribution >= 4 is 22.6 Å². The molecule has 0 bridgehead atoms. The third-order valence-electron chi connectivity index (χ3n) is 1.85. The van der Waals surface area contributed by atoms with E-state index in [4.69, 9.17) is 16.0 Å². The van der Waals surface area contributed by atoms with E-state index in [1.165, 1.54) is 18.2 Å². The number of fused-ring (bicyclic) bond motifs is 1. The van der Waals surface area contributed by atoms with Crippen molar-refractivity contribution in [1.82, 2.24) is 0 Å². The smallest absolute Gasteiger partial charge is 0.420 e. The summed E-state index contributed by atoms with van der Waals surface area (Å²) in [5.74, 6) is 0. The van der Waals surface area contributed by atoms with Crippen molar-refractivity contribution in [1.29, 1.82) is 0 Å². The molecule has 0 amide bonds. The molecule has 0 unspecified atom stereocenters. The van der Waals surface area contributed by atoms with Gasteiger partial charge in [-0.25, -0.2) is 0 Å². The van der Waals surface area contributed by atoms with Crippen LogP contribution >= 0.6 is 11.6 Å². The molecular formula is C9H4ClF3O. The zero-order chi connectivity index (χ0) is 10.3. The van der Waals surface area contributed by atoms with Gasteiger partial charge in [0.1, 0.15) is 17.4 Å². The molecule has 0 aliphatic carbocycles. The molecule has 0 aliphatic rings. The Balaban J connectivity index is 2.80. The standard InChI is InChI=1S/C9H4ClF3O/c10-6-2-1-3-7-8(6)5(4-14-7)9(11,12)13/h1-4H. The zero-order valence-corrected chi connectivity index (χ0v) is 7.49. The lowest BCUT2D eigenvalue weighted by molar-refractivity contribution is -0.136. The van der Waals surface area contributed by atoms with Crippen LogP contribution in [0.25, 0.3) is 11.0 Å². The van der Waals surface area contributed by atoms with Crippen LogP contribution in [0.1, 0.15) is 5.56 Å². The number of alkyl halides is 3. The highest BCUT2D eigenvalue weighted by Gasteiger charge is 2.35. The highest BCUT2D eigenvalue weighted by Crippen LogP contribution is 2.38. The molecule has 1 nitrogen and oxygen atoms in total. The van der Waals surface area contributed by atoms with Gasteiger partial charge < -0.3 is 4.42 Å². The van der Waals surface area contributed by atoms with E-state index in [9.17, 15) is 13.2 Å². The molecule has 5 heteroatoms. The van der Waals surface area contributed by atoms with Gasteiger partial charge in [-0.1, -0.05) is 17.7 Å². The summed E-state index contributed by atoms with van der Waals surface area (Å²) in [5, 5.41) is -0.0368. The normalized spacial score (nSPS) is 12.3. The number of halogens is 4. The van der Waals surface area contributed by atoms with E-state index in [1.54, 1.807) is 0 Å². The van der Waals surface area contributed by atoms with E-state index >= 15 is 0 Å². The van der Waals surface area contributed by atoms with Crippen LogP contribution in [-0.2, 0) is 6.18 Å². The van der Waals surface area contributed by atoms with Gasteiger partial charge in [0, 0.05) is 0 Å². The second kappa shape index (κ2) is 2.92. The second-order valence-electron chi connectivity index (χ2n) is 2.76. The molecular weight excluding hydrogens is 217 g/mol. The minimum atomic E-state index is -4.43. The minimum Gasteiger partial charge on any atom is -0.464 e.